The second-order valence-electron chi connectivity index (χ2n) is 11.4. The normalized spacial score (nSPS) is 20.8. The highest BCUT2D eigenvalue weighted by Gasteiger charge is 2.41. The lowest BCUT2D eigenvalue weighted by Gasteiger charge is -2.25. The van der Waals surface area contributed by atoms with E-state index < -0.39 is 24.5 Å². The summed E-state index contributed by atoms with van der Waals surface area (Å²) in [5.41, 5.74) is 1.14. The molecule has 0 amide bonds. The Balaban J connectivity index is 1.93. The van der Waals surface area contributed by atoms with Crippen molar-refractivity contribution < 1.29 is 34.0 Å². The Morgan fingerprint density at radius 1 is 1.00 bits per heavy atom. The Labute approximate surface area is 252 Å². The monoisotopic (exact) mass is 580 g/mol. The first-order valence-corrected chi connectivity index (χ1v) is 15.2. The molecule has 0 unspecified atom stereocenters. The number of allylic oxidation sites excluding steroid dienone is 2. The summed E-state index contributed by atoms with van der Waals surface area (Å²) >= 11 is 0. The molecule has 0 bridgehead atoms. The van der Waals surface area contributed by atoms with E-state index in [1.54, 1.807) is 0 Å². The molecule has 0 saturated heterocycles. The van der Waals surface area contributed by atoms with E-state index in [4.69, 9.17) is 27.1 Å². The van der Waals surface area contributed by atoms with Crippen LogP contribution in [0.1, 0.15) is 83.6 Å². The minimum absolute atomic E-state index is 0.0967. The van der Waals surface area contributed by atoms with Crippen molar-refractivity contribution in [2.45, 2.75) is 109 Å². The van der Waals surface area contributed by atoms with Crippen LogP contribution < -0.4 is 0 Å². The molecule has 7 nitrogen and oxygen atoms in total. The number of rotatable bonds is 18. The Hall–Kier alpha value is -3.26. The third kappa shape index (κ3) is 13.6. The Morgan fingerprint density at radius 3 is 2.36 bits per heavy atom. The molecule has 0 spiro atoms. The van der Waals surface area contributed by atoms with Crippen molar-refractivity contribution in [3.8, 4) is 24.7 Å². The van der Waals surface area contributed by atoms with Crippen LogP contribution in [-0.2, 0) is 25.4 Å². The van der Waals surface area contributed by atoms with Gasteiger partial charge in [-0.25, -0.2) is 4.79 Å². The highest BCUT2D eigenvalue weighted by Crippen LogP contribution is 2.39. The molecule has 1 aromatic rings. The van der Waals surface area contributed by atoms with Gasteiger partial charge in [0.2, 0.25) is 0 Å². The molecule has 42 heavy (non-hydrogen) atoms. The van der Waals surface area contributed by atoms with Gasteiger partial charge in [0.05, 0.1) is 24.9 Å². The van der Waals surface area contributed by atoms with Crippen LogP contribution in [-0.4, -0.2) is 53.4 Å². The number of hydrogen-bond donors (Lipinski definition) is 2. The summed E-state index contributed by atoms with van der Waals surface area (Å²) in [6, 6.07) is 9.98. The fourth-order valence-electron chi connectivity index (χ4n) is 5.46. The molecule has 1 fully saturated rings. The van der Waals surface area contributed by atoms with Crippen LogP contribution in [0.15, 0.2) is 42.5 Å². The summed E-state index contributed by atoms with van der Waals surface area (Å²) < 4.78 is 16.3. The maximum atomic E-state index is 12.6. The average molecular weight is 581 g/mol. The fraction of sp³-hybridized carbons (Fsp3) is 0.600. The third-order valence-corrected chi connectivity index (χ3v) is 7.65. The molecule has 1 aliphatic carbocycles. The van der Waals surface area contributed by atoms with Gasteiger partial charge in [-0.3, -0.25) is 4.79 Å². The molecule has 0 aliphatic heterocycles. The van der Waals surface area contributed by atoms with Gasteiger partial charge in [-0.15, -0.1) is 24.7 Å². The topological polar surface area (TPSA) is 102 Å². The molecule has 2 rings (SSSR count). The molecule has 5 atom stereocenters. The Morgan fingerprint density at radius 2 is 1.69 bits per heavy atom. The van der Waals surface area contributed by atoms with E-state index in [9.17, 15) is 19.8 Å². The summed E-state index contributed by atoms with van der Waals surface area (Å²) in [5, 5.41) is 21.4. The first-order chi connectivity index (χ1) is 20.2. The minimum Gasteiger partial charge on any atom is -0.463 e. The molecule has 1 aromatic carbocycles. The summed E-state index contributed by atoms with van der Waals surface area (Å²) in [5.74, 6) is 4.58. The maximum absolute atomic E-state index is 12.6. The van der Waals surface area contributed by atoms with Crippen molar-refractivity contribution in [2.75, 3.05) is 6.61 Å². The number of carbonyl (C=O) groups excluding carboxylic acids is 2. The minimum atomic E-state index is -0.754. The lowest BCUT2D eigenvalue weighted by molar-refractivity contribution is -0.147. The first kappa shape index (κ1) is 34.9. The predicted octanol–water partition coefficient (Wildman–Crippen LogP) is 6.01. The molecular weight excluding hydrogens is 532 g/mol. The van der Waals surface area contributed by atoms with Crippen LogP contribution in [0.3, 0.4) is 0 Å². The van der Waals surface area contributed by atoms with Crippen molar-refractivity contribution in [3.63, 3.8) is 0 Å². The Kier molecular flexibility index (Phi) is 16.5. The molecule has 1 saturated carbocycles. The number of benzene rings is 1. The van der Waals surface area contributed by atoms with Gasteiger partial charge in [-0.1, -0.05) is 42.5 Å². The standard InChI is InChI=1S/C35H48O7/c1-5-14-28(15-6-2)25-40-35(39)42-29(21-20-27-16-10-9-11-17-27)22-23-31-30(32(36)24-33(31)37)18-12-7-8-13-19-34(38)41-26(3)4/h1-2,7,9-12,16-17,26,28-33,36-37H,8,13-15,18-25H2,3-4H3/t29-,30+,31+,32-,33+/m0/s1. The Bertz CT molecular complexity index is 1020. The van der Waals surface area contributed by atoms with Crippen LogP contribution in [0, 0.1) is 42.4 Å². The zero-order chi connectivity index (χ0) is 30.7. The van der Waals surface area contributed by atoms with Crippen molar-refractivity contribution in [1.82, 2.24) is 0 Å². The smallest absolute Gasteiger partial charge is 0.463 e. The summed E-state index contributed by atoms with van der Waals surface area (Å²) in [4.78, 5) is 24.3. The van der Waals surface area contributed by atoms with E-state index >= 15 is 0 Å². The second kappa shape index (κ2) is 19.8. The molecule has 2 N–H and O–H groups in total. The number of terminal acetylenes is 2. The van der Waals surface area contributed by atoms with Crippen LogP contribution in [0.5, 0.6) is 0 Å². The molecule has 0 aromatic heterocycles. The van der Waals surface area contributed by atoms with Crippen LogP contribution >= 0.6 is 0 Å². The number of aliphatic hydroxyl groups is 2. The zero-order valence-electron chi connectivity index (χ0n) is 25.2. The van der Waals surface area contributed by atoms with Crippen LogP contribution in [0.4, 0.5) is 4.79 Å². The second-order valence-corrected chi connectivity index (χ2v) is 11.4. The molecule has 1 aliphatic rings. The number of ether oxygens (including phenoxy) is 3. The largest absolute Gasteiger partial charge is 0.508 e. The lowest BCUT2D eigenvalue weighted by Crippen LogP contribution is -2.26. The SMILES string of the molecule is C#CCC(CC#C)COC(=O)O[C@@H](CCc1ccccc1)CC[C@@H]1[C@@H](CC=CCCCC(=O)OC(C)C)[C@@H](O)C[C@H]1O. The predicted molar refractivity (Wildman–Crippen MR) is 163 cm³/mol. The van der Waals surface area contributed by atoms with E-state index in [-0.39, 0.29) is 36.4 Å². The van der Waals surface area contributed by atoms with Crippen molar-refractivity contribution in [1.29, 1.82) is 0 Å². The molecule has 0 heterocycles. The van der Waals surface area contributed by atoms with Gasteiger partial charge in [-0.05, 0) is 82.6 Å². The number of aliphatic hydroxyl groups excluding tert-OH is 2. The third-order valence-electron chi connectivity index (χ3n) is 7.65. The number of aryl methyl sites for hydroxylation is 1. The van der Waals surface area contributed by atoms with E-state index in [0.29, 0.717) is 57.8 Å². The van der Waals surface area contributed by atoms with E-state index in [1.165, 1.54) is 0 Å². The van der Waals surface area contributed by atoms with Gasteiger partial charge in [-0.2, -0.15) is 0 Å². The zero-order valence-corrected chi connectivity index (χ0v) is 25.2. The number of carbonyl (C=O) groups is 2. The van der Waals surface area contributed by atoms with Crippen molar-refractivity contribution in [2.24, 2.45) is 17.8 Å². The van der Waals surface area contributed by atoms with Gasteiger partial charge in [0.15, 0.2) is 0 Å². The van der Waals surface area contributed by atoms with Gasteiger partial charge in [0, 0.05) is 25.2 Å². The molecular formula is C35H48O7. The van der Waals surface area contributed by atoms with Gasteiger partial charge in [0.1, 0.15) is 6.10 Å². The maximum Gasteiger partial charge on any atom is 0.508 e. The molecule has 7 heteroatoms. The number of hydrogen-bond acceptors (Lipinski definition) is 7. The van der Waals surface area contributed by atoms with E-state index in [0.717, 1.165) is 18.4 Å². The fourth-order valence-corrected chi connectivity index (χ4v) is 5.46. The highest BCUT2D eigenvalue weighted by molar-refractivity contribution is 5.69. The number of unbranched alkanes of at least 4 members (excludes halogenated alkanes) is 1. The highest BCUT2D eigenvalue weighted by atomic mass is 16.7. The first-order valence-electron chi connectivity index (χ1n) is 15.2. The quantitative estimate of drug-likeness (QED) is 0.0949. The van der Waals surface area contributed by atoms with Crippen LogP contribution in [0.25, 0.3) is 0 Å². The van der Waals surface area contributed by atoms with Crippen LogP contribution in [0.2, 0.25) is 0 Å². The van der Waals surface area contributed by atoms with Crippen molar-refractivity contribution >= 4 is 12.1 Å². The number of esters is 1. The summed E-state index contributed by atoms with van der Waals surface area (Å²) in [6.07, 6.45) is 18.4. The molecule has 0 radical (unpaired) electrons. The average Bonchev–Trinajstić information content (AvgIpc) is 3.22. The van der Waals surface area contributed by atoms with Gasteiger partial charge < -0.3 is 24.4 Å². The van der Waals surface area contributed by atoms with E-state index in [1.807, 2.05) is 56.3 Å². The summed E-state index contributed by atoms with van der Waals surface area (Å²) in [6.45, 7) is 3.76. The molecule has 230 valence electrons. The van der Waals surface area contributed by atoms with Gasteiger partial charge >= 0.3 is 12.1 Å². The summed E-state index contributed by atoms with van der Waals surface area (Å²) in [7, 11) is 0. The van der Waals surface area contributed by atoms with E-state index in [2.05, 4.69) is 11.8 Å². The van der Waals surface area contributed by atoms with Crippen molar-refractivity contribution in [3.05, 3.63) is 48.0 Å². The van der Waals surface area contributed by atoms with Gasteiger partial charge in [0.25, 0.3) is 0 Å². The lowest BCUT2D eigenvalue weighted by atomic mass is 9.85.